The number of hydrogen-bond acceptors (Lipinski definition) is 6. The van der Waals surface area contributed by atoms with E-state index in [1.165, 1.54) is 24.7 Å². The van der Waals surface area contributed by atoms with Gasteiger partial charge in [0.2, 0.25) is 0 Å². The number of amides is 2. The van der Waals surface area contributed by atoms with Crippen LogP contribution in [0.5, 0.6) is 0 Å². The molecule has 1 aliphatic carbocycles. The molecule has 8 heteroatoms. The number of nitrogens with zero attached hydrogens (tertiary/aromatic N) is 2. The van der Waals surface area contributed by atoms with E-state index in [1.807, 2.05) is 0 Å². The summed E-state index contributed by atoms with van der Waals surface area (Å²) in [7, 11) is 0. The van der Waals surface area contributed by atoms with Crippen molar-refractivity contribution in [3.8, 4) is 0 Å². The Hall–Kier alpha value is -2.64. The molecular weight excluding hydrogens is 276 g/mol. The van der Waals surface area contributed by atoms with Crippen LogP contribution in [0.4, 0.5) is 0 Å². The van der Waals surface area contributed by atoms with Crippen molar-refractivity contribution >= 4 is 11.8 Å². The van der Waals surface area contributed by atoms with Crippen molar-refractivity contribution in [1.82, 2.24) is 20.9 Å². The Morgan fingerprint density at radius 3 is 2.29 bits per heavy atom. The minimum atomic E-state index is -0.329. The van der Waals surface area contributed by atoms with Crippen molar-refractivity contribution in [1.29, 1.82) is 0 Å². The third kappa shape index (κ3) is 3.28. The fourth-order valence-electron chi connectivity index (χ4n) is 2.03. The van der Waals surface area contributed by atoms with E-state index in [0.29, 0.717) is 12.5 Å². The van der Waals surface area contributed by atoms with Crippen LogP contribution < -0.4 is 10.6 Å². The first-order chi connectivity index (χ1) is 10.2. The van der Waals surface area contributed by atoms with E-state index < -0.39 is 0 Å². The monoisotopic (exact) mass is 290 g/mol. The number of carbonyl (C=O) groups is 2. The summed E-state index contributed by atoms with van der Waals surface area (Å²) in [5, 5.41) is 12.7. The summed E-state index contributed by atoms with van der Waals surface area (Å²) >= 11 is 0. The summed E-state index contributed by atoms with van der Waals surface area (Å²) in [5.41, 5.74) is 0.441. The van der Waals surface area contributed by atoms with Gasteiger partial charge in [-0.25, -0.2) is 0 Å². The number of hydrogen-bond donors (Lipinski definition) is 2. The second-order valence-electron chi connectivity index (χ2n) is 4.90. The topological polar surface area (TPSA) is 110 Å². The molecule has 8 nitrogen and oxygen atoms in total. The molecule has 2 amide bonds. The number of nitrogens with one attached hydrogen (secondary N) is 2. The van der Waals surface area contributed by atoms with Gasteiger partial charge in [0.25, 0.3) is 11.8 Å². The van der Waals surface area contributed by atoms with E-state index in [2.05, 4.69) is 30.0 Å². The van der Waals surface area contributed by atoms with Gasteiger partial charge in [0.1, 0.15) is 12.5 Å². The quantitative estimate of drug-likeness (QED) is 0.806. The third-order valence-corrected chi connectivity index (χ3v) is 3.33. The zero-order valence-corrected chi connectivity index (χ0v) is 11.1. The van der Waals surface area contributed by atoms with Gasteiger partial charge in [0.15, 0.2) is 11.4 Å². The van der Waals surface area contributed by atoms with Crippen LogP contribution >= 0.6 is 0 Å². The summed E-state index contributed by atoms with van der Waals surface area (Å²) in [4.78, 5) is 23.7. The average molecular weight is 290 g/mol. The summed E-state index contributed by atoms with van der Waals surface area (Å²) < 4.78 is 9.26. The molecule has 21 heavy (non-hydrogen) atoms. The molecule has 1 fully saturated rings. The first-order valence-corrected chi connectivity index (χ1v) is 6.64. The molecule has 0 spiro atoms. The smallest absolute Gasteiger partial charge is 0.273 e. The molecule has 0 radical (unpaired) electrons. The Morgan fingerprint density at radius 1 is 1.14 bits per heavy atom. The van der Waals surface area contributed by atoms with Crippen molar-refractivity contribution in [3.63, 3.8) is 0 Å². The first-order valence-electron chi connectivity index (χ1n) is 6.64. The molecular formula is C13H14N4O4. The number of carbonyl (C=O) groups excluding carboxylic acids is 2. The molecule has 2 heterocycles. The van der Waals surface area contributed by atoms with E-state index in [1.54, 1.807) is 0 Å². The lowest BCUT2D eigenvalue weighted by Crippen LogP contribution is -2.45. The fraction of sp³-hybridized carbons (Fsp3) is 0.385. The minimum absolute atomic E-state index is 0.134. The molecule has 1 saturated carbocycles. The van der Waals surface area contributed by atoms with Gasteiger partial charge in [-0.2, -0.15) is 0 Å². The summed E-state index contributed by atoms with van der Waals surface area (Å²) in [6, 6.07) is 2.84. The third-order valence-electron chi connectivity index (χ3n) is 3.33. The van der Waals surface area contributed by atoms with Crippen molar-refractivity contribution in [3.05, 3.63) is 36.0 Å². The Kier molecular flexibility index (Phi) is 3.67. The van der Waals surface area contributed by atoms with Gasteiger partial charge in [-0.05, 0) is 18.8 Å². The van der Waals surface area contributed by atoms with Gasteiger partial charge in [-0.1, -0.05) is 10.3 Å². The second kappa shape index (κ2) is 5.78. The predicted molar refractivity (Wildman–Crippen MR) is 69.3 cm³/mol. The highest BCUT2D eigenvalue weighted by Gasteiger charge is 2.33. The first kappa shape index (κ1) is 13.3. The van der Waals surface area contributed by atoms with Gasteiger partial charge in [0, 0.05) is 24.7 Å². The molecule has 3 rings (SSSR count). The Labute approximate surface area is 119 Å². The van der Waals surface area contributed by atoms with Crippen LogP contribution in [0.15, 0.2) is 33.7 Å². The van der Waals surface area contributed by atoms with Gasteiger partial charge >= 0.3 is 0 Å². The van der Waals surface area contributed by atoms with Crippen LogP contribution in [0, 0.1) is 5.92 Å². The molecule has 1 aliphatic rings. The van der Waals surface area contributed by atoms with Gasteiger partial charge in [0.05, 0.1) is 0 Å². The zero-order valence-electron chi connectivity index (χ0n) is 11.1. The Balaban J connectivity index is 1.55. The number of aromatic nitrogens is 2. The van der Waals surface area contributed by atoms with Crippen LogP contribution in [-0.4, -0.2) is 34.7 Å². The van der Waals surface area contributed by atoms with Crippen LogP contribution in [0.25, 0.3) is 0 Å². The van der Waals surface area contributed by atoms with E-state index in [4.69, 9.17) is 0 Å². The van der Waals surface area contributed by atoms with E-state index in [-0.39, 0.29) is 29.2 Å². The maximum Gasteiger partial charge on any atom is 0.273 e. The standard InChI is InChI=1S/C13H14N4O4/c18-12(9-3-5-20-16-9)14-7-11(8-1-2-8)15-13(19)10-4-6-21-17-10/h3-6,8,11H,1-2,7H2,(H,14,18)(H,15,19). The Morgan fingerprint density at radius 2 is 1.76 bits per heavy atom. The van der Waals surface area contributed by atoms with Crippen LogP contribution in [0.2, 0.25) is 0 Å². The van der Waals surface area contributed by atoms with Crippen LogP contribution in [0.3, 0.4) is 0 Å². The lowest BCUT2D eigenvalue weighted by atomic mass is 10.1. The molecule has 2 aromatic rings. The SMILES string of the molecule is O=C(NCC(NC(=O)c1ccon1)C1CC1)c1ccon1. The summed E-state index contributed by atoms with van der Waals surface area (Å²) in [6.07, 6.45) is 4.74. The van der Waals surface area contributed by atoms with E-state index >= 15 is 0 Å². The molecule has 1 atom stereocenters. The van der Waals surface area contributed by atoms with Crippen molar-refractivity contribution < 1.29 is 18.6 Å². The van der Waals surface area contributed by atoms with Gasteiger partial charge in [-0.15, -0.1) is 0 Å². The van der Waals surface area contributed by atoms with E-state index in [9.17, 15) is 9.59 Å². The normalized spacial score (nSPS) is 15.4. The van der Waals surface area contributed by atoms with Gasteiger partial charge < -0.3 is 19.7 Å². The van der Waals surface area contributed by atoms with Crippen LogP contribution in [-0.2, 0) is 0 Å². The summed E-state index contributed by atoms with van der Waals surface area (Å²) in [6.45, 7) is 0.333. The van der Waals surface area contributed by atoms with Gasteiger partial charge in [-0.3, -0.25) is 9.59 Å². The highest BCUT2D eigenvalue weighted by Crippen LogP contribution is 2.32. The maximum atomic E-state index is 11.9. The molecule has 1 unspecified atom stereocenters. The average Bonchev–Trinajstić information content (AvgIpc) is 2.98. The molecule has 0 aliphatic heterocycles. The molecule has 2 aromatic heterocycles. The lowest BCUT2D eigenvalue weighted by molar-refractivity contribution is 0.0894. The highest BCUT2D eigenvalue weighted by molar-refractivity contribution is 5.93. The maximum absolute atomic E-state index is 11.9. The zero-order chi connectivity index (χ0) is 14.7. The Bertz CT molecular complexity index is 604. The molecule has 0 aromatic carbocycles. The van der Waals surface area contributed by atoms with Crippen LogP contribution in [0.1, 0.15) is 33.8 Å². The lowest BCUT2D eigenvalue weighted by Gasteiger charge is -2.17. The second-order valence-corrected chi connectivity index (χ2v) is 4.90. The number of rotatable bonds is 6. The highest BCUT2D eigenvalue weighted by atomic mass is 16.5. The largest absolute Gasteiger partial charge is 0.364 e. The minimum Gasteiger partial charge on any atom is -0.364 e. The predicted octanol–water partition coefficient (Wildman–Crippen LogP) is 0.601. The van der Waals surface area contributed by atoms with E-state index in [0.717, 1.165) is 12.8 Å². The molecule has 2 N–H and O–H groups in total. The fourth-order valence-corrected chi connectivity index (χ4v) is 2.03. The molecule has 0 bridgehead atoms. The van der Waals surface area contributed by atoms with Crippen molar-refractivity contribution in [2.24, 2.45) is 5.92 Å². The molecule has 110 valence electrons. The van der Waals surface area contributed by atoms with Crippen molar-refractivity contribution in [2.45, 2.75) is 18.9 Å². The molecule has 0 saturated heterocycles. The summed E-state index contributed by atoms with van der Waals surface area (Å²) in [5.74, 6) is -0.264. The van der Waals surface area contributed by atoms with Crippen molar-refractivity contribution in [2.75, 3.05) is 6.54 Å².